The molecular formula is C12H12ClN3O3. The Kier molecular flexibility index (Phi) is 4.01. The Labute approximate surface area is 114 Å². The SMILES string of the molecule is CCn1cncc1COc1cc(Cl)ccc1[N+](=O)[O-]. The van der Waals surface area contributed by atoms with Crippen LogP contribution in [0.5, 0.6) is 5.75 Å². The molecule has 1 heterocycles. The van der Waals surface area contributed by atoms with E-state index in [4.69, 9.17) is 16.3 Å². The highest BCUT2D eigenvalue weighted by molar-refractivity contribution is 6.30. The van der Waals surface area contributed by atoms with E-state index in [9.17, 15) is 10.1 Å². The zero-order chi connectivity index (χ0) is 13.8. The van der Waals surface area contributed by atoms with Crippen LogP contribution in [0.3, 0.4) is 0 Å². The molecule has 7 heteroatoms. The maximum atomic E-state index is 10.9. The van der Waals surface area contributed by atoms with Gasteiger partial charge in [-0.1, -0.05) is 11.6 Å². The van der Waals surface area contributed by atoms with Gasteiger partial charge in [0.15, 0.2) is 5.75 Å². The van der Waals surface area contributed by atoms with Crippen LogP contribution < -0.4 is 4.74 Å². The number of nitro groups is 1. The number of aryl methyl sites for hydroxylation is 1. The first-order valence-electron chi connectivity index (χ1n) is 5.67. The van der Waals surface area contributed by atoms with Crippen molar-refractivity contribution in [2.24, 2.45) is 0 Å². The minimum Gasteiger partial charge on any atom is -0.480 e. The molecule has 0 aliphatic heterocycles. The first-order chi connectivity index (χ1) is 9.11. The molecule has 100 valence electrons. The third kappa shape index (κ3) is 3.03. The van der Waals surface area contributed by atoms with E-state index in [0.29, 0.717) is 5.02 Å². The predicted molar refractivity (Wildman–Crippen MR) is 70.3 cm³/mol. The number of hydrogen-bond acceptors (Lipinski definition) is 4. The van der Waals surface area contributed by atoms with Crippen molar-refractivity contribution >= 4 is 17.3 Å². The highest BCUT2D eigenvalue weighted by Gasteiger charge is 2.16. The average molecular weight is 282 g/mol. The van der Waals surface area contributed by atoms with Crippen molar-refractivity contribution in [3.05, 3.63) is 51.6 Å². The van der Waals surface area contributed by atoms with Gasteiger partial charge >= 0.3 is 5.69 Å². The van der Waals surface area contributed by atoms with Gasteiger partial charge in [0.05, 0.1) is 23.1 Å². The van der Waals surface area contributed by atoms with Crippen molar-refractivity contribution in [3.63, 3.8) is 0 Å². The fourth-order valence-electron chi connectivity index (χ4n) is 1.66. The van der Waals surface area contributed by atoms with E-state index in [-0.39, 0.29) is 18.0 Å². The van der Waals surface area contributed by atoms with Gasteiger partial charge in [0.25, 0.3) is 0 Å². The molecule has 1 aromatic carbocycles. The molecule has 0 aliphatic rings. The fourth-order valence-corrected chi connectivity index (χ4v) is 1.82. The fraction of sp³-hybridized carbons (Fsp3) is 0.250. The second kappa shape index (κ2) is 5.71. The molecule has 19 heavy (non-hydrogen) atoms. The number of nitro benzene ring substituents is 1. The van der Waals surface area contributed by atoms with Crippen LogP contribution in [-0.4, -0.2) is 14.5 Å². The quantitative estimate of drug-likeness (QED) is 0.624. The summed E-state index contributed by atoms with van der Waals surface area (Å²) in [5.74, 6) is 0.154. The van der Waals surface area contributed by atoms with Crippen LogP contribution in [0, 0.1) is 10.1 Å². The van der Waals surface area contributed by atoms with Crippen LogP contribution in [0.1, 0.15) is 12.6 Å². The normalized spacial score (nSPS) is 10.4. The number of ether oxygens (including phenoxy) is 1. The molecule has 0 bridgehead atoms. The van der Waals surface area contributed by atoms with Gasteiger partial charge in [0.1, 0.15) is 6.61 Å². The monoisotopic (exact) mass is 281 g/mol. The van der Waals surface area contributed by atoms with E-state index < -0.39 is 4.92 Å². The highest BCUT2D eigenvalue weighted by Crippen LogP contribution is 2.30. The van der Waals surface area contributed by atoms with Crippen LogP contribution in [0.15, 0.2) is 30.7 Å². The first-order valence-corrected chi connectivity index (χ1v) is 6.05. The molecule has 1 aromatic heterocycles. The van der Waals surface area contributed by atoms with Gasteiger partial charge in [-0.25, -0.2) is 4.98 Å². The molecule has 0 saturated heterocycles. The third-order valence-electron chi connectivity index (χ3n) is 2.63. The van der Waals surface area contributed by atoms with Crippen LogP contribution in [0.4, 0.5) is 5.69 Å². The largest absolute Gasteiger partial charge is 0.480 e. The van der Waals surface area contributed by atoms with Crippen molar-refractivity contribution in [1.82, 2.24) is 9.55 Å². The third-order valence-corrected chi connectivity index (χ3v) is 2.87. The molecule has 0 N–H and O–H groups in total. The van der Waals surface area contributed by atoms with Crippen molar-refractivity contribution in [2.45, 2.75) is 20.1 Å². The van der Waals surface area contributed by atoms with E-state index >= 15 is 0 Å². The maximum Gasteiger partial charge on any atom is 0.311 e. The number of nitrogens with zero attached hydrogens (tertiary/aromatic N) is 3. The van der Waals surface area contributed by atoms with E-state index in [1.807, 2.05) is 11.5 Å². The van der Waals surface area contributed by atoms with Gasteiger partial charge in [-0.15, -0.1) is 0 Å². The highest BCUT2D eigenvalue weighted by atomic mass is 35.5. The zero-order valence-corrected chi connectivity index (χ0v) is 11.0. The number of rotatable bonds is 5. The molecular weight excluding hydrogens is 270 g/mol. The van der Waals surface area contributed by atoms with Gasteiger partial charge in [0, 0.05) is 23.7 Å². The van der Waals surface area contributed by atoms with Crippen LogP contribution in [0.2, 0.25) is 5.02 Å². The second-order valence-electron chi connectivity index (χ2n) is 3.83. The number of imidazole rings is 1. The molecule has 0 spiro atoms. The summed E-state index contributed by atoms with van der Waals surface area (Å²) in [5, 5.41) is 11.3. The van der Waals surface area contributed by atoms with Gasteiger partial charge < -0.3 is 9.30 Å². The molecule has 0 amide bonds. The Hall–Kier alpha value is -2.08. The van der Waals surface area contributed by atoms with Crippen LogP contribution in [0.25, 0.3) is 0 Å². The molecule has 0 aliphatic carbocycles. The summed E-state index contributed by atoms with van der Waals surface area (Å²) in [6.07, 6.45) is 3.35. The lowest BCUT2D eigenvalue weighted by Gasteiger charge is -2.08. The van der Waals surface area contributed by atoms with Gasteiger partial charge in [0.2, 0.25) is 0 Å². The topological polar surface area (TPSA) is 70.2 Å². The molecule has 2 aromatic rings. The molecule has 0 atom stereocenters. The molecule has 0 fully saturated rings. The Morgan fingerprint density at radius 3 is 3.00 bits per heavy atom. The van der Waals surface area contributed by atoms with Gasteiger partial charge in [-0.05, 0) is 13.0 Å². The van der Waals surface area contributed by atoms with E-state index in [2.05, 4.69) is 4.98 Å². The summed E-state index contributed by atoms with van der Waals surface area (Å²) < 4.78 is 7.38. The lowest BCUT2D eigenvalue weighted by Crippen LogP contribution is -2.04. The van der Waals surface area contributed by atoms with Crippen molar-refractivity contribution in [3.8, 4) is 5.75 Å². The molecule has 0 unspecified atom stereocenters. The molecule has 6 nitrogen and oxygen atoms in total. The van der Waals surface area contributed by atoms with E-state index in [1.54, 1.807) is 12.5 Å². The molecule has 0 saturated carbocycles. The summed E-state index contributed by atoms with van der Waals surface area (Å²) in [7, 11) is 0. The van der Waals surface area contributed by atoms with Crippen molar-refractivity contribution < 1.29 is 9.66 Å². The van der Waals surface area contributed by atoms with Gasteiger partial charge in [-0.2, -0.15) is 0 Å². The van der Waals surface area contributed by atoms with Crippen molar-refractivity contribution in [1.29, 1.82) is 0 Å². The first kappa shape index (κ1) is 13.4. The predicted octanol–water partition coefficient (Wildman–Crippen LogP) is 3.04. The number of halogens is 1. The second-order valence-corrected chi connectivity index (χ2v) is 4.27. The number of hydrogen-bond donors (Lipinski definition) is 0. The molecule has 0 radical (unpaired) electrons. The summed E-state index contributed by atoms with van der Waals surface area (Å²) in [5.41, 5.74) is 0.740. The maximum absolute atomic E-state index is 10.9. The standard InChI is InChI=1S/C12H12ClN3O3/c1-2-15-8-14-6-10(15)7-19-12-5-9(13)3-4-11(12)16(17)18/h3-6,8H,2,7H2,1H3. The molecule has 2 rings (SSSR count). The Bertz CT molecular complexity index is 598. The minimum absolute atomic E-state index is 0.105. The van der Waals surface area contributed by atoms with Gasteiger partial charge in [-0.3, -0.25) is 10.1 Å². The summed E-state index contributed by atoms with van der Waals surface area (Å²) >= 11 is 5.82. The van der Waals surface area contributed by atoms with Crippen LogP contribution >= 0.6 is 11.6 Å². The summed E-state index contributed by atoms with van der Waals surface area (Å²) in [6.45, 7) is 2.94. The average Bonchev–Trinajstić information content (AvgIpc) is 2.83. The van der Waals surface area contributed by atoms with E-state index in [0.717, 1.165) is 12.2 Å². The Balaban J connectivity index is 2.19. The number of aromatic nitrogens is 2. The number of benzene rings is 1. The lowest BCUT2D eigenvalue weighted by molar-refractivity contribution is -0.385. The smallest absolute Gasteiger partial charge is 0.311 e. The van der Waals surface area contributed by atoms with Crippen LogP contribution in [-0.2, 0) is 13.2 Å². The Morgan fingerprint density at radius 2 is 2.32 bits per heavy atom. The van der Waals surface area contributed by atoms with Crippen molar-refractivity contribution in [2.75, 3.05) is 0 Å². The lowest BCUT2D eigenvalue weighted by atomic mass is 10.3. The minimum atomic E-state index is -0.497. The zero-order valence-electron chi connectivity index (χ0n) is 10.2. The summed E-state index contributed by atoms with van der Waals surface area (Å²) in [6, 6.07) is 4.23. The Morgan fingerprint density at radius 1 is 1.53 bits per heavy atom. The van der Waals surface area contributed by atoms with E-state index in [1.165, 1.54) is 18.2 Å². The summed E-state index contributed by atoms with van der Waals surface area (Å²) in [4.78, 5) is 14.4.